The Morgan fingerprint density at radius 3 is 2.67 bits per heavy atom. The zero-order valence-corrected chi connectivity index (χ0v) is 11.0. The van der Waals surface area contributed by atoms with Crippen LogP contribution in [0.15, 0.2) is 30.3 Å². The number of pyridine rings is 1. The van der Waals surface area contributed by atoms with Crippen LogP contribution in [0.2, 0.25) is 5.02 Å². The molecule has 0 amide bonds. The summed E-state index contributed by atoms with van der Waals surface area (Å²) in [6.07, 6.45) is 0. The van der Waals surface area contributed by atoms with Gasteiger partial charge in [-0.3, -0.25) is 0 Å². The van der Waals surface area contributed by atoms with Gasteiger partial charge in [0.1, 0.15) is 5.75 Å². The monoisotopic (exact) mass is 263 g/mol. The second kappa shape index (κ2) is 5.38. The van der Waals surface area contributed by atoms with E-state index in [4.69, 9.17) is 21.4 Å². The smallest absolute Gasteiger partial charge is 0.219 e. The first-order valence-electron chi connectivity index (χ1n) is 5.61. The summed E-state index contributed by atoms with van der Waals surface area (Å²) in [6, 6.07) is 9.09. The largest absolute Gasteiger partial charge is 0.437 e. The van der Waals surface area contributed by atoms with Crippen LogP contribution in [0, 0.1) is 13.8 Å². The maximum atomic E-state index is 9.08. The molecule has 2 rings (SSSR count). The van der Waals surface area contributed by atoms with Gasteiger partial charge in [0.2, 0.25) is 5.88 Å². The SMILES string of the molecule is Cc1ccc(Cl)c(Oc2ccc(CO)c(C)n2)c1. The summed E-state index contributed by atoms with van der Waals surface area (Å²) < 4.78 is 5.65. The van der Waals surface area contributed by atoms with Crippen LogP contribution < -0.4 is 4.74 Å². The van der Waals surface area contributed by atoms with Gasteiger partial charge in [-0.15, -0.1) is 0 Å². The van der Waals surface area contributed by atoms with Crippen molar-refractivity contribution < 1.29 is 9.84 Å². The van der Waals surface area contributed by atoms with Crippen molar-refractivity contribution in [2.45, 2.75) is 20.5 Å². The predicted octanol–water partition coefficient (Wildman–Crippen LogP) is 3.64. The molecule has 0 bridgehead atoms. The van der Waals surface area contributed by atoms with Crippen molar-refractivity contribution >= 4 is 11.6 Å². The van der Waals surface area contributed by atoms with Crippen LogP contribution in [0.4, 0.5) is 0 Å². The zero-order chi connectivity index (χ0) is 13.1. The molecule has 4 heteroatoms. The summed E-state index contributed by atoms with van der Waals surface area (Å²) in [5.41, 5.74) is 2.61. The zero-order valence-electron chi connectivity index (χ0n) is 10.3. The third kappa shape index (κ3) is 2.81. The first kappa shape index (κ1) is 12.9. The van der Waals surface area contributed by atoms with Crippen molar-refractivity contribution in [3.05, 3.63) is 52.2 Å². The van der Waals surface area contributed by atoms with Crippen LogP contribution in [0.3, 0.4) is 0 Å². The molecule has 0 radical (unpaired) electrons. The van der Waals surface area contributed by atoms with E-state index in [1.165, 1.54) is 0 Å². The lowest BCUT2D eigenvalue weighted by molar-refractivity contribution is 0.280. The Kier molecular flexibility index (Phi) is 3.84. The van der Waals surface area contributed by atoms with Gasteiger partial charge in [-0.05, 0) is 43.2 Å². The van der Waals surface area contributed by atoms with Gasteiger partial charge in [0.25, 0.3) is 0 Å². The summed E-state index contributed by atoms with van der Waals surface area (Å²) in [6.45, 7) is 3.78. The Labute approximate surface area is 111 Å². The van der Waals surface area contributed by atoms with Gasteiger partial charge in [0, 0.05) is 11.8 Å². The topological polar surface area (TPSA) is 42.4 Å². The van der Waals surface area contributed by atoms with E-state index in [0.29, 0.717) is 16.7 Å². The highest BCUT2D eigenvalue weighted by atomic mass is 35.5. The first-order valence-corrected chi connectivity index (χ1v) is 5.99. The van der Waals surface area contributed by atoms with Crippen LogP contribution in [0.1, 0.15) is 16.8 Å². The summed E-state index contributed by atoms with van der Waals surface area (Å²) in [7, 11) is 0. The van der Waals surface area contributed by atoms with E-state index in [-0.39, 0.29) is 6.61 Å². The van der Waals surface area contributed by atoms with Crippen LogP contribution in [-0.4, -0.2) is 10.1 Å². The number of rotatable bonds is 3. The molecule has 0 aliphatic heterocycles. The van der Waals surface area contributed by atoms with E-state index in [0.717, 1.165) is 16.8 Å². The van der Waals surface area contributed by atoms with Gasteiger partial charge in [-0.25, -0.2) is 4.98 Å². The number of nitrogens with zero attached hydrogens (tertiary/aromatic N) is 1. The van der Waals surface area contributed by atoms with Crippen molar-refractivity contribution in [3.63, 3.8) is 0 Å². The van der Waals surface area contributed by atoms with Gasteiger partial charge in [0.15, 0.2) is 0 Å². The molecule has 0 spiro atoms. The molecule has 0 saturated carbocycles. The Bertz CT molecular complexity index is 570. The minimum atomic E-state index is -0.0235. The number of aliphatic hydroxyl groups excluding tert-OH is 1. The van der Waals surface area contributed by atoms with E-state index in [9.17, 15) is 0 Å². The highest BCUT2D eigenvalue weighted by Crippen LogP contribution is 2.29. The molecule has 0 saturated heterocycles. The van der Waals surface area contributed by atoms with E-state index < -0.39 is 0 Å². The number of aliphatic hydroxyl groups is 1. The fourth-order valence-electron chi connectivity index (χ4n) is 1.59. The molecule has 0 aliphatic rings. The van der Waals surface area contributed by atoms with Crippen molar-refractivity contribution in [1.29, 1.82) is 0 Å². The highest BCUT2D eigenvalue weighted by molar-refractivity contribution is 6.32. The van der Waals surface area contributed by atoms with Gasteiger partial charge < -0.3 is 9.84 Å². The average molecular weight is 264 g/mol. The number of benzene rings is 1. The number of aryl methyl sites for hydroxylation is 2. The third-order valence-electron chi connectivity index (χ3n) is 2.64. The molecule has 0 fully saturated rings. The number of halogens is 1. The summed E-state index contributed by atoms with van der Waals surface area (Å²) >= 11 is 6.05. The lowest BCUT2D eigenvalue weighted by Gasteiger charge is -2.09. The van der Waals surface area contributed by atoms with Crippen molar-refractivity contribution in [2.75, 3.05) is 0 Å². The molecule has 0 aliphatic carbocycles. The Hall–Kier alpha value is -1.58. The molecular weight excluding hydrogens is 250 g/mol. The fourth-order valence-corrected chi connectivity index (χ4v) is 1.75. The van der Waals surface area contributed by atoms with Crippen molar-refractivity contribution in [3.8, 4) is 11.6 Å². The number of hydrogen-bond acceptors (Lipinski definition) is 3. The molecule has 0 atom stereocenters. The molecule has 18 heavy (non-hydrogen) atoms. The molecule has 1 heterocycles. The summed E-state index contributed by atoms with van der Waals surface area (Å²) in [5.74, 6) is 1.05. The normalized spacial score (nSPS) is 10.4. The summed E-state index contributed by atoms with van der Waals surface area (Å²) in [5, 5.41) is 9.63. The Balaban J connectivity index is 2.28. The van der Waals surface area contributed by atoms with E-state index >= 15 is 0 Å². The molecule has 94 valence electrons. The predicted molar refractivity (Wildman–Crippen MR) is 71.2 cm³/mol. The molecule has 2 aromatic rings. The van der Waals surface area contributed by atoms with Crippen molar-refractivity contribution in [1.82, 2.24) is 4.98 Å². The van der Waals surface area contributed by atoms with E-state index in [2.05, 4.69) is 4.98 Å². The standard InChI is InChI=1S/C14H14ClNO2/c1-9-3-5-12(15)13(7-9)18-14-6-4-11(8-17)10(2)16-14/h3-7,17H,8H2,1-2H3. The molecule has 1 aromatic carbocycles. The highest BCUT2D eigenvalue weighted by Gasteiger charge is 2.06. The summed E-state index contributed by atoms with van der Waals surface area (Å²) in [4.78, 5) is 4.27. The lowest BCUT2D eigenvalue weighted by atomic mass is 10.2. The minimum Gasteiger partial charge on any atom is -0.437 e. The second-order valence-corrected chi connectivity index (χ2v) is 4.50. The van der Waals surface area contributed by atoms with Gasteiger partial charge in [0.05, 0.1) is 11.6 Å². The fraction of sp³-hybridized carbons (Fsp3) is 0.214. The van der Waals surface area contributed by atoms with Crippen LogP contribution in [-0.2, 0) is 6.61 Å². The van der Waals surface area contributed by atoms with E-state index in [1.54, 1.807) is 18.2 Å². The minimum absolute atomic E-state index is 0.0235. The average Bonchev–Trinajstić information content (AvgIpc) is 2.34. The number of aromatic nitrogens is 1. The van der Waals surface area contributed by atoms with Gasteiger partial charge in [-0.1, -0.05) is 17.7 Å². The van der Waals surface area contributed by atoms with Crippen LogP contribution in [0.25, 0.3) is 0 Å². The molecule has 0 unspecified atom stereocenters. The maximum Gasteiger partial charge on any atom is 0.219 e. The van der Waals surface area contributed by atoms with Crippen LogP contribution in [0.5, 0.6) is 11.6 Å². The lowest BCUT2D eigenvalue weighted by Crippen LogP contribution is -1.95. The third-order valence-corrected chi connectivity index (χ3v) is 2.95. The van der Waals surface area contributed by atoms with Gasteiger partial charge in [-0.2, -0.15) is 0 Å². The first-order chi connectivity index (χ1) is 8.60. The molecule has 3 nitrogen and oxygen atoms in total. The Morgan fingerprint density at radius 2 is 2.00 bits per heavy atom. The Morgan fingerprint density at radius 1 is 1.22 bits per heavy atom. The van der Waals surface area contributed by atoms with Crippen molar-refractivity contribution in [2.24, 2.45) is 0 Å². The van der Waals surface area contributed by atoms with Gasteiger partial charge >= 0.3 is 0 Å². The molecule has 1 N–H and O–H groups in total. The molecule has 1 aromatic heterocycles. The van der Waals surface area contributed by atoms with E-state index in [1.807, 2.05) is 26.0 Å². The number of hydrogen-bond donors (Lipinski definition) is 1. The quantitative estimate of drug-likeness (QED) is 0.919. The second-order valence-electron chi connectivity index (χ2n) is 4.09. The number of ether oxygens (including phenoxy) is 1. The maximum absolute atomic E-state index is 9.08. The molecular formula is C14H14ClNO2. The van der Waals surface area contributed by atoms with Crippen LogP contribution >= 0.6 is 11.6 Å².